The van der Waals surface area contributed by atoms with E-state index in [9.17, 15) is 4.79 Å². The third kappa shape index (κ3) is 1.50. The van der Waals surface area contributed by atoms with E-state index in [4.69, 9.17) is 10.5 Å². The van der Waals surface area contributed by atoms with Crippen molar-refractivity contribution in [3.05, 3.63) is 33.2 Å². The van der Waals surface area contributed by atoms with Gasteiger partial charge in [0.1, 0.15) is 0 Å². The molecule has 0 amide bonds. The zero-order valence-electron chi connectivity index (χ0n) is 7.30. The van der Waals surface area contributed by atoms with Crippen LogP contribution < -0.4 is 11.3 Å². The van der Waals surface area contributed by atoms with Crippen LogP contribution in [-0.4, -0.2) is 11.6 Å². The van der Waals surface area contributed by atoms with Gasteiger partial charge in [-0.2, -0.15) is 0 Å². The zero-order chi connectivity index (χ0) is 9.26. The molecule has 0 atom stereocenters. The van der Waals surface area contributed by atoms with Crippen LogP contribution in [0.3, 0.4) is 0 Å². The maximum atomic E-state index is 11.3. The molecule has 0 aliphatic carbocycles. The van der Waals surface area contributed by atoms with Gasteiger partial charge >= 0.3 is 0 Å². The Bertz CT molecular complexity index is 370. The molecule has 1 aliphatic heterocycles. The lowest BCUT2D eigenvalue weighted by Crippen LogP contribution is -2.22. The van der Waals surface area contributed by atoms with Crippen molar-refractivity contribution < 1.29 is 4.74 Å². The molecule has 0 radical (unpaired) electrons. The van der Waals surface area contributed by atoms with Crippen molar-refractivity contribution in [3.8, 4) is 0 Å². The number of hydrogen-bond acceptors (Lipinski definition) is 3. The molecule has 0 unspecified atom stereocenters. The Morgan fingerprint density at radius 3 is 3.23 bits per heavy atom. The van der Waals surface area contributed by atoms with E-state index in [0.29, 0.717) is 18.7 Å². The predicted octanol–water partition coefficient (Wildman–Crippen LogP) is -0.0937. The molecular formula is C9H12N2O2. The first-order chi connectivity index (χ1) is 6.31. The maximum absolute atomic E-state index is 11.3. The Balaban J connectivity index is 2.51. The fraction of sp³-hybridized carbons (Fsp3) is 0.444. The summed E-state index contributed by atoms with van der Waals surface area (Å²) in [6, 6.07) is 1.89. The average Bonchev–Trinajstić information content (AvgIpc) is 2.17. The standard InChI is InChI=1S/C9H12N2O2/c10-4-7-3-6-1-2-13-5-8(6)11-9(7)12/h3H,1-2,4-5,10H2,(H,11,12). The molecular weight excluding hydrogens is 168 g/mol. The van der Waals surface area contributed by atoms with Gasteiger partial charge in [0.25, 0.3) is 5.56 Å². The van der Waals surface area contributed by atoms with E-state index in [-0.39, 0.29) is 5.56 Å². The van der Waals surface area contributed by atoms with Crippen LogP contribution in [0, 0.1) is 0 Å². The van der Waals surface area contributed by atoms with E-state index in [1.54, 1.807) is 0 Å². The highest BCUT2D eigenvalue weighted by Crippen LogP contribution is 2.13. The number of aromatic amines is 1. The number of rotatable bonds is 1. The van der Waals surface area contributed by atoms with Crippen molar-refractivity contribution in [1.29, 1.82) is 0 Å². The molecule has 1 aliphatic rings. The number of nitrogens with one attached hydrogen (secondary N) is 1. The second kappa shape index (κ2) is 3.32. The fourth-order valence-electron chi connectivity index (χ4n) is 1.52. The van der Waals surface area contributed by atoms with Gasteiger partial charge in [0.2, 0.25) is 0 Å². The van der Waals surface area contributed by atoms with Gasteiger partial charge in [-0.15, -0.1) is 0 Å². The lowest BCUT2D eigenvalue weighted by molar-refractivity contribution is 0.107. The van der Waals surface area contributed by atoms with Crippen LogP contribution in [0.1, 0.15) is 16.8 Å². The minimum atomic E-state index is -0.0910. The highest BCUT2D eigenvalue weighted by Gasteiger charge is 2.11. The molecule has 1 aromatic heterocycles. The van der Waals surface area contributed by atoms with Gasteiger partial charge in [-0.3, -0.25) is 4.79 Å². The topological polar surface area (TPSA) is 68.1 Å². The van der Waals surface area contributed by atoms with Crippen molar-refractivity contribution in [3.63, 3.8) is 0 Å². The van der Waals surface area contributed by atoms with Crippen LogP contribution >= 0.6 is 0 Å². The molecule has 0 aromatic carbocycles. The normalized spacial score (nSPS) is 15.5. The van der Waals surface area contributed by atoms with Gasteiger partial charge < -0.3 is 15.5 Å². The summed E-state index contributed by atoms with van der Waals surface area (Å²) in [6.45, 7) is 1.53. The fourth-order valence-corrected chi connectivity index (χ4v) is 1.52. The minimum Gasteiger partial charge on any atom is -0.375 e. The Kier molecular flexibility index (Phi) is 2.16. The lowest BCUT2D eigenvalue weighted by Gasteiger charge is -2.16. The van der Waals surface area contributed by atoms with E-state index < -0.39 is 0 Å². The molecule has 4 nitrogen and oxygen atoms in total. The summed E-state index contributed by atoms with van der Waals surface area (Å²) in [6.07, 6.45) is 0.860. The summed E-state index contributed by atoms with van der Waals surface area (Å²) in [4.78, 5) is 14.1. The van der Waals surface area contributed by atoms with Crippen LogP contribution in [0.5, 0.6) is 0 Å². The van der Waals surface area contributed by atoms with Gasteiger partial charge in [-0.1, -0.05) is 0 Å². The molecule has 0 spiro atoms. The van der Waals surface area contributed by atoms with Gasteiger partial charge in [-0.25, -0.2) is 0 Å². The van der Waals surface area contributed by atoms with E-state index in [1.807, 2.05) is 6.07 Å². The molecule has 0 saturated heterocycles. The molecule has 2 heterocycles. The van der Waals surface area contributed by atoms with Crippen LogP contribution in [0.2, 0.25) is 0 Å². The SMILES string of the molecule is NCc1cc2c([nH]c1=O)COCC2. The highest BCUT2D eigenvalue weighted by molar-refractivity contribution is 5.26. The molecule has 1 aromatic rings. The predicted molar refractivity (Wildman–Crippen MR) is 48.3 cm³/mol. The van der Waals surface area contributed by atoms with Crippen molar-refractivity contribution >= 4 is 0 Å². The van der Waals surface area contributed by atoms with E-state index >= 15 is 0 Å². The second-order valence-electron chi connectivity index (χ2n) is 3.13. The number of hydrogen-bond donors (Lipinski definition) is 2. The van der Waals surface area contributed by atoms with E-state index in [0.717, 1.165) is 24.3 Å². The Morgan fingerprint density at radius 1 is 1.62 bits per heavy atom. The largest absolute Gasteiger partial charge is 0.375 e. The summed E-state index contributed by atoms with van der Waals surface area (Å²) in [5.74, 6) is 0. The molecule has 3 N–H and O–H groups in total. The van der Waals surface area contributed by atoms with Gasteiger partial charge in [0.15, 0.2) is 0 Å². The first kappa shape index (κ1) is 8.47. The summed E-state index contributed by atoms with van der Waals surface area (Å²) >= 11 is 0. The summed E-state index contributed by atoms with van der Waals surface area (Å²) in [5.41, 5.74) is 8.05. The molecule has 0 bridgehead atoms. The van der Waals surface area contributed by atoms with Crippen molar-refractivity contribution in [1.82, 2.24) is 4.98 Å². The third-order valence-corrected chi connectivity index (χ3v) is 2.27. The number of H-pyrrole nitrogens is 1. The minimum absolute atomic E-state index is 0.0910. The van der Waals surface area contributed by atoms with Gasteiger partial charge in [0, 0.05) is 17.8 Å². The Labute approximate surface area is 75.7 Å². The van der Waals surface area contributed by atoms with Crippen molar-refractivity contribution in [2.75, 3.05) is 6.61 Å². The van der Waals surface area contributed by atoms with Crippen LogP contribution in [-0.2, 0) is 24.3 Å². The molecule has 4 heteroatoms. The van der Waals surface area contributed by atoms with Crippen molar-refractivity contribution in [2.24, 2.45) is 5.73 Å². The van der Waals surface area contributed by atoms with Crippen LogP contribution in [0.15, 0.2) is 10.9 Å². The number of nitrogens with two attached hydrogens (primary N) is 1. The molecule has 2 rings (SSSR count). The molecule has 0 fully saturated rings. The number of fused-ring (bicyclic) bond motifs is 1. The highest BCUT2D eigenvalue weighted by atomic mass is 16.5. The Hall–Kier alpha value is -1.13. The molecule has 70 valence electrons. The molecule has 0 saturated carbocycles. The lowest BCUT2D eigenvalue weighted by atomic mass is 10.1. The second-order valence-corrected chi connectivity index (χ2v) is 3.13. The van der Waals surface area contributed by atoms with Crippen LogP contribution in [0.4, 0.5) is 0 Å². The third-order valence-electron chi connectivity index (χ3n) is 2.27. The quantitative estimate of drug-likeness (QED) is 0.634. The number of aromatic nitrogens is 1. The first-order valence-corrected chi connectivity index (χ1v) is 4.33. The maximum Gasteiger partial charge on any atom is 0.252 e. The average molecular weight is 180 g/mol. The summed E-state index contributed by atoms with van der Waals surface area (Å²) < 4.78 is 5.22. The van der Waals surface area contributed by atoms with Crippen LogP contribution in [0.25, 0.3) is 0 Å². The van der Waals surface area contributed by atoms with Gasteiger partial charge in [0.05, 0.1) is 13.2 Å². The number of ether oxygens (including phenoxy) is 1. The Morgan fingerprint density at radius 2 is 2.46 bits per heavy atom. The first-order valence-electron chi connectivity index (χ1n) is 4.33. The smallest absolute Gasteiger partial charge is 0.252 e. The van der Waals surface area contributed by atoms with E-state index in [2.05, 4.69) is 4.98 Å². The zero-order valence-corrected chi connectivity index (χ0v) is 7.30. The van der Waals surface area contributed by atoms with Gasteiger partial charge in [-0.05, 0) is 18.1 Å². The summed E-state index contributed by atoms with van der Waals surface area (Å²) in [5, 5.41) is 0. The van der Waals surface area contributed by atoms with Crippen molar-refractivity contribution in [2.45, 2.75) is 19.6 Å². The summed E-state index contributed by atoms with van der Waals surface area (Å²) in [7, 11) is 0. The monoisotopic (exact) mass is 180 g/mol. The number of pyridine rings is 1. The molecule has 13 heavy (non-hydrogen) atoms. The van der Waals surface area contributed by atoms with E-state index in [1.165, 1.54) is 0 Å².